The molecule has 0 aliphatic carbocycles. The van der Waals surface area contributed by atoms with E-state index < -0.39 is 10.0 Å². The number of nitrogens with one attached hydrogen (secondary N) is 1. The molecule has 7 heteroatoms. The molecule has 0 saturated carbocycles. The van der Waals surface area contributed by atoms with Gasteiger partial charge in [0, 0.05) is 10.5 Å². The van der Waals surface area contributed by atoms with Crippen molar-refractivity contribution >= 4 is 27.7 Å². The molecule has 24 heavy (non-hydrogen) atoms. The van der Waals surface area contributed by atoms with Crippen molar-refractivity contribution in [2.75, 3.05) is 6.26 Å². The van der Waals surface area contributed by atoms with Crippen LogP contribution in [-0.2, 0) is 10.0 Å². The molecule has 0 aromatic heterocycles. The lowest BCUT2D eigenvalue weighted by Gasteiger charge is -2.16. The lowest BCUT2D eigenvalue weighted by molar-refractivity contribution is 0.0939. The average molecular weight is 364 g/mol. The van der Waals surface area contributed by atoms with Crippen LogP contribution in [0.15, 0.2) is 52.3 Å². The summed E-state index contributed by atoms with van der Waals surface area (Å²) in [6.45, 7) is 3.63. The van der Waals surface area contributed by atoms with Gasteiger partial charge in [-0.05, 0) is 55.5 Å². The van der Waals surface area contributed by atoms with E-state index in [1.54, 1.807) is 24.8 Å². The van der Waals surface area contributed by atoms with Gasteiger partial charge in [0.1, 0.15) is 0 Å². The van der Waals surface area contributed by atoms with E-state index in [1.165, 1.54) is 12.1 Å². The maximum atomic E-state index is 12.5. The van der Waals surface area contributed by atoms with Crippen LogP contribution in [0.25, 0.3) is 0 Å². The molecule has 3 N–H and O–H groups in total. The Morgan fingerprint density at radius 2 is 1.79 bits per heavy atom. The van der Waals surface area contributed by atoms with Gasteiger partial charge in [-0.3, -0.25) is 4.79 Å². The maximum absolute atomic E-state index is 12.5. The van der Waals surface area contributed by atoms with E-state index in [4.69, 9.17) is 5.14 Å². The highest BCUT2D eigenvalue weighted by molar-refractivity contribution is 7.98. The number of nitrogens with two attached hydrogens (primary N) is 1. The van der Waals surface area contributed by atoms with Crippen molar-refractivity contribution in [2.45, 2.75) is 29.7 Å². The first-order valence-electron chi connectivity index (χ1n) is 7.30. The van der Waals surface area contributed by atoms with Crippen molar-refractivity contribution in [3.63, 3.8) is 0 Å². The third-order valence-corrected chi connectivity index (χ3v) is 5.40. The number of benzene rings is 2. The summed E-state index contributed by atoms with van der Waals surface area (Å²) in [5, 5.41) is 8.02. The van der Waals surface area contributed by atoms with Crippen molar-refractivity contribution in [2.24, 2.45) is 5.14 Å². The molecular weight excluding hydrogens is 344 g/mol. The monoisotopic (exact) mass is 364 g/mol. The predicted molar refractivity (Wildman–Crippen MR) is 96.7 cm³/mol. The molecule has 0 radical (unpaired) electrons. The minimum absolute atomic E-state index is 0.0739. The number of carbonyl (C=O) groups excluding carboxylic acids is 1. The zero-order valence-electron chi connectivity index (χ0n) is 13.7. The number of primary sulfonamides is 1. The smallest absolute Gasteiger partial charge is 0.252 e. The Bertz CT molecular complexity index is 847. The first-order chi connectivity index (χ1) is 11.2. The Morgan fingerprint density at radius 3 is 2.33 bits per heavy atom. The molecule has 2 rings (SSSR count). The third-order valence-electron chi connectivity index (χ3n) is 3.75. The average Bonchev–Trinajstić information content (AvgIpc) is 2.54. The van der Waals surface area contributed by atoms with Crippen molar-refractivity contribution in [3.05, 3.63) is 59.2 Å². The van der Waals surface area contributed by atoms with Crippen LogP contribution >= 0.6 is 11.8 Å². The number of rotatable bonds is 5. The van der Waals surface area contributed by atoms with Gasteiger partial charge in [0.05, 0.1) is 10.9 Å². The molecule has 0 fully saturated rings. The van der Waals surface area contributed by atoms with Crippen LogP contribution < -0.4 is 10.5 Å². The predicted octanol–water partition coefficient (Wildman–Crippen LogP) is 2.86. The Labute approximate surface area is 146 Å². The van der Waals surface area contributed by atoms with Gasteiger partial charge >= 0.3 is 0 Å². The third kappa shape index (κ3) is 4.37. The van der Waals surface area contributed by atoms with Crippen LogP contribution in [0.2, 0.25) is 0 Å². The van der Waals surface area contributed by atoms with Gasteiger partial charge in [-0.1, -0.05) is 18.2 Å². The molecule has 2 aromatic rings. The zero-order chi connectivity index (χ0) is 17.9. The molecule has 1 amide bonds. The summed E-state index contributed by atoms with van der Waals surface area (Å²) in [6, 6.07) is 12.0. The van der Waals surface area contributed by atoms with Gasteiger partial charge in [0.25, 0.3) is 5.91 Å². The summed E-state index contributed by atoms with van der Waals surface area (Å²) in [7, 11) is -3.85. The molecule has 128 valence electrons. The molecule has 1 unspecified atom stereocenters. The molecular formula is C17H20N2O3S2. The van der Waals surface area contributed by atoms with Crippen LogP contribution in [0.3, 0.4) is 0 Å². The molecule has 0 saturated heterocycles. The van der Waals surface area contributed by atoms with Gasteiger partial charge in [-0.15, -0.1) is 11.8 Å². The lowest BCUT2D eigenvalue weighted by atomic mass is 10.1. The lowest BCUT2D eigenvalue weighted by Crippen LogP contribution is -2.27. The second-order valence-electron chi connectivity index (χ2n) is 5.49. The van der Waals surface area contributed by atoms with Gasteiger partial charge in [-0.25, -0.2) is 13.6 Å². The summed E-state index contributed by atoms with van der Waals surface area (Å²) in [5.41, 5.74) is 1.96. The summed E-state index contributed by atoms with van der Waals surface area (Å²) >= 11 is 1.65. The topological polar surface area (TPSA) is 89.3 Å². The second-order valence-corrected chi connectivity index (χ2v) is 7.93. The van der Waals surface area contributed by atoms with Gasteiger partial charge in [0.2, 0.25) is 10.0 Å². The fourth-order valence-electron chi connectivity index (χ4n) is 2.27. The summed E-state index contributed by atoms with van der Waals surface area (Å²) in [5.74, 6) is -0.334. The van der Waals surface area contributed by atoms with Gasteiger partial charge in [-0.2, -0.15) is 0 Å². The molecule has 0 bridgehead atoms. The molecule has 1 atom stereocenters. The maximum Gasteiger partial charge on any atom is 0.252 e. The molecule has 0 aliphatic rings. The Hall–Kier alpha value is -1.83. The fraction of sp³-hybridized carbons (Fsp3) is 0.235. The quantitative estimate of drug-likeness (QED) is 0.799. The highest BCUT2D eigenvalue weighted by atomic mass is 32.2. The molecule has 0 heterocycles. The Balaban J connectivity index is 2.22. The summed E-state index contributed by atoms with van der Waals surface area (Å²) in [4.78, 5) is 13.6. The number of thioether (sulfide) groups is 1. The SMILES string of the molecule is CSc1ccc(C(C)NC(=O)c2cc(S(N)(=O)=O)ccc2C)cc1. The van der Waals surface area contributed by atoms with Crippen molar-refractivity contribution < 1.29 is 13.2 Å². The zero-order valence-corrected chi connectivity index (χ0v) is 15.4. The Kier molecular flexibility index (Phi) is 5.69. The van der Waals surface area contributed by atoms with Crippen LogP contribution in [0.4, 0.5) is 0 Å². The molecule has 0 aliphatic heterocycles. The van der Waals surface area contributed by atoms with E-state index >= 15 is 0 Å². The van der Waals surface area contributed by atoms with Crippen molar-refractivity contribution in [1.82, 2.24) is 5.32 Å². The van der Waals surface area contributed by atoms with Crippen LogP contribution in [0, 0.1) is 6.92 Å². The minimum atomic E-state index is -3.85. The van der Waals surface area contributed by atoms with Crippen LogP contribution in [-0.4, -0.2) is 20.6 Å². The van der Waals surface area contributed by atoms with E-state index in [9.17, 15) is 13.2 Å². The fourth-order valence-corrected chi connectivity index (χ4v) is 3.22. The van der Waals surface area contributed by atoms with E-state index in [-0.39, 0.29) is 16.8 Å². The highest BCUT2D eigenvalue weighted by Crippen LogP contribution is 2.20. The standard InChI is InChI=1S/C17H20N2O3S2/c1-11-4-9-15(24(18,21)22)10-16(11)17(20)19-12(2)13-5-7-14(23-3)8-6-13/h4-10,12H,1-3H3,(H,19,20)(H2,18,21,22). The molecule has 0 spiro atoms. The Morgan fingerprint density at radius 1 is 1.17 bits per heavy atom. The number of hydrogen-bond donors (Lipinski definition) is 2. The van der Waals surface area contributed by atoms with Crippen molar-refractivity contribution in [1.29, 1.82) is 0 Å². The molecule has 2 aromatic carbocycles. The number of sulfonamides is 1. The van der Waals surface area contributed by atoms with Crippen LogP contribution in [0.5, 0.6) is 0 Å². The number of aryl methyl sites for hydroxylation is 1. The van der Waals surface area contributed by atoms with E-state index in [2.05, 4.69) is 5.32 Å². The van der Waals surface area contributed by atoms with Crippen LogP contribution in [0.1, 0.15) is 34.5 Å². The number of amides is 1. The normalized spacial score (nSPS) is 12.7. The van der Waals surface area contributed by atoms with Crippen molar-refractivity contribution in [3.8, 4) is 0 Å². The van der Waals surface area contributed by atoms with E-state index in [1.807, 2.05) is 37.4 Å². The first-order valence-corrected chi connectivity index (χ1v) is 10.1. The van der Waals surface area contributed by atoms with E-state index in [0.717, 1.165) is 10.5 Å². The largest absolute Gasteiger partial charge is 0.346 e. The van der Waals surface area contributed by atoms with E-state index in [0.29, 0.717) is 11.1 Å². The highest BCUT2D eigenvalue weighted by Gasteiger charge is 2.17. The number of hydrogen-bond acceptors (Lipinski definition) is 4. The second kappa shape index (κ2) is 7.38. The number of carbonyl (C=O) groups is 1. The minimum Gasteiger partial charge on any atom is -0.346 e. The summed E-state index contributed by atoms with van der Waals surface area (Å²) < 4.78 is 22.9. The van der Waals surface area contributed by atoms with Gasteiger partial charge < -0.3 is 5.32 Å². The summed E-state index contributed by atoms with van der Waals surface area (Å²) in [6.07, 6.45) is 2.00. The van der Waals surface area contributed by atoms with Gasteiger partial charge in [0.15, 0.2) is 0 Å². The first kappa shape index (κ1) is 18.5. The molecule has 5 nitrogen and oxygen atoms in total.